The maximum atomic E-state index is 13.0. The number of hydrogen-bond donors (Lipinski definition) is 1. The number of sulfonamides is 1. The summed E-state index contributed by atoms with van der Waals surface area (Å²) >= 11 is 0. The molecule has 3 rings (SSSR count). The molecule has 1 N–H and O–H groups in total. The molecule has 0 radical (unpaired) electrons. The highest BCUT2D eigenvalue weighted by atomic mass is 32.2. The van der Waals surface area contributed by atoms with Crippen LogP contribution in [0.2, 0.25) is 0 Å². The summed E-state index contributed by atoms with van der Waals surface area (Å²) in [5.41, 5.74) is 0.233. The number of hydrogen-bond acceptors (Lipinski definition) is 6. The smallest absolute Gasteiger partial charge is 0.307 e. The minimum atomic E-state index is -3.91. The van der Waals surface area contributed by atoms with Crippen molar-refractivity contribution in [1.29, 1.82) is 0 Å². The van der Waals surface area contributed by atoms with Crippen molar-refractivity contribution in [2.75, 3.05) is 13.1 Å². The van der Waals surface area contributed by atoms with E-state index in [-0.39, 0.29) is 29.4 Å². The minimum Gasteiger partial charge on any atom is -0.481 e. The molecule has 1 aliphatic heterocycles. The Kier molecular flexibility index (Phi) is 4.78. The number of piperidine rings is 1. The van der Waals surface area contributed by atoms with Gasteiger partial charge in [-0.1, -0.05) is 5.16 Å². The molecular weight excluding hydrogens is 348 g/mol. The molecule has 134 valence electrons. The third kappa shape index (κ3) is 3.52. The van der Waals surface area contributed by atoms with Crippen LogP contribution in [0.4, 0.5) is 0 Å². The fourth-order valence-corrected chi connectivity index (χ4v) is 4.61. The predicted octanol–water partition coefficient (Wildman–Crippen LogP) is 2.23. The topological polar surface area (TPSA) is 114 Å². The van der Waals surface area contributed by atoms with Crippen molar-refractivity contribution in [1.82, 2.24) is 9.46 Å². The summed E-state index contributed by atoms with van der Waals surface area (Å²) in [7, 11) is -3.91. The van der Waals surface area contributed by atoms with Gasteiger partial charge in [-0.25, -0.2) is 8.42 Å². The number of aromatic nitrogens is 1. The Morgan fingerprint density at radius 2 is 2.24 bits per heavy atom. The molecule has 9 heteroatoms. The van der Waals surface area contributed by atoms with Gasteiger partial charge in [-0.15, -0.1) is 0 Å². The van der Waals surface area contributed by atoms with E-state index in [0.29, 0.717) is 18.6 Å². The van der Waals surface area contributed by atoms with Gasteiger partial charge in [-0.3, -0.25) is 4.79 Å². The van der Waals surface area contributed by atoms with E-state index in [1.54, 1.807) is 25.1 Å². The van der Waals surface area contributed by atoms with Gasteiger partial charge in [0.25, 0.3) is 0 Å². The summed E-state index contributed by atoms with van der Waals surface area (Å²) in [6, 6.07) is 3.43. The van der Waals surface area contributed by atoms with Crippen molar-refractivity contribution >= 4 is 28.1 Å². The summed E-state index contributed by atoms with van der Waals surface area (Å²) in [5.74, 6) is -1.06. The summed E-state index contributed by atoms with van der Waals surface area (Å²) in [5, 5.41) is 12.9. The molecule has 0 spiro atoms. The first-order chi connectivity index (χ1) is 11.9. The highest BCUT2D eigenvalue weighted by Crippen LogP contribution is 2.29. The molecule has 1 aliphatic rings. The molecule has 1 fully saturated rings. The Hall–Kier alpha value is -2.39. The van der Waals surface area contributed by atoms with E-state index in [9.17, 15) is 18.3 Å². The second-order valence-electron chi connectivity index (χ2n) is 5.85. The number of aliphatic carboxylic acids is 1. The third-order valence-corrected chi connectivity index (χ3v) is 6.13. The van der Waals surface area contributed by atoms with Crippen molar-refractivity contribution in [3.63, 3.8) is 0 Å². The Morgan fingerprint density at radius 3 is 2.92 bits per heavy atom. The minimum absolute atomic E-state index is 0.0404. The van der Waals surface area contributed by atoms with Crippen LogP contribution >= 0.6 is 0 Å². The monoisotopic (exact) mass is 366 g/mol. The summed E-state index contributed by atoms with van der Waals surface area (Å²) < 4.78 is 37.5. The van der Waals surface area contributed by atoms with Gasteiger partial charge >= 0.3 is 5.97 Å². The Labute approximate surface area is 144 Å². The van der Waals surface area contributed by atoms with E-state index in [4.69, 9.17) is 8.94 Å². The van der Waals surface area contributed by atoms with Crippen molar-refractivity contribution < 1.29 is 27.3 Å². The molecule has 0 bridgehead atoms. The molecule has 0 unspecified atom stereocenters. The van der Waals surface area contributed by atoms with Crippen LogP contribution in [0, 0.1) is 12.8 Å². The van der Waals surface area contributed by atoms with Crippen LogP contribution < -0.4 is 0 Å². The first-order valence-electron chi connectivity index (χ1n) is 7.80. The van der Waals surface area contributed by atoms with Gasteiger partial charge in [-0.2, -0.15) is 4.31 Å². The van der Waals surface area contributed by atoms with Crippen LogP contribution in [-0.2, 0) is 14.8 Å². The SMILES string of the molecule is Cc1noc(/C=C/c2ccco2)c1S(=O)(=O)N1CCC[C@H](C(=O)O)C1. The molecule has 1 atom stereocenters. The number of nitrogens with zero attached hydrogens (tertiary/aromatic N) is 2. The van der Waals surface area contributed by atoms with Gasteiger partial charge in [0, 0.05) is 13.1 Å². The van der Waals surface area contributed by atoms with Crippen molar-refractivity contribution in [2.24, 2.45) is 5.92 Å². The van der Waals surface area contributed by atoms with Crippen LogP contribution in [0.3, 0.4) is 0 Å². The molecule has 25 heavy (non-hydrogen) atoms. The lowest BCUT2D eigenvalue weighted by molar-refractivity contribution is -0.142. The molecule has 3 heterocycles. The van der Waals surface area contributed by atoms with Gasteiger partial charge in [0.1, 0.15) is 11.5 Å². The zero-order valence-corrected chi connectivity index (χ0v) is 14.4. The summed E-state index contributed by atoms with van der Waals surface area (Å²) in [4.78, 5) is 11.2. The molecule has 0 amide bonds. The molecule has 2 aromatic heterocycles. The van der Waals surface area contributed by atoms with Crippen LogP contribution in [0.5, 0.6) is 0 Å². The van der Waals surface area contributed by atoms with Gasteiger partial charge in [-0.05, 0) is 44.1 Å². The first kappa shape index (κ1) is 17.4. The number of aryl methyl sites for hydroxylation is 1. The van der Waals surface area contributed by atoms with Crippen LogP contribution in [-0.4, -0.2) is 42.0 Å². The van der Waals surface area contributed by atoms with E-state index in [1.165, 1.54) is 16.6 Å². The first-order valence-corrected chi connectivity index (χ1v) is 9.24. The number of rotatable bonds is 5. The summed E-state index contributed by atoms with van der Waals surface area (Å²) in [6.07, 6.45) is 5.52. The quantitative estimate of drug-likeness (QED) is 0.863. The van der Waals surface area contributed by atoms with E-state index in [0.717, 1.165) is 0 Å². The van der Waals surface area contributed by atoms with Crippen LogP contribution in [0.25, 0.3) is 12.2 Å². The fraction of sp³-hybridized carbons (Fsp3) is 0.375. The lowest BCUT2D eigenvalue weighted by Crippen LogP contribution is -2.42. The molecule has 0 saturated carbocycles. The highest BCUT2D eigenvalue weighted by Gasteiger charge is 2.36. The second kappa shape index (κ2) is 6.85. The lowest BCUT2D eigenvalue weighted by atomic mass is 10.0. The van der Waals surface area contributed by atoms with Gasteiger partial charge < -0.3 is 14.0 Å². The van der Waals surface area contributed by atoms with Gasteiger partial charge in [0.2, 0.25) is 10.0 Å². The maximum absolute atomic E-state index is 13.0. The molecular formula is C16H18N2O6S. The molecule has 1 saturated heterocycles. The molecule has 0 aliphatic carbocycles. The zero-order chi connectivity index (χ0) is 18.0. The number of carboxylic acid groups (broad SMARTS) is 1. The van der Waals surface area contributed by atoms with Gasteiger partial charge in [0.15, 0.2) is 10.7 Å². The highest BCUT2D eigenvalue weighted by molar-refractivity contribution is 7.89. The van der Waals surface area contributed by atoms with E-state index < -0.39 is 21.9 Å². The average molecular weight is 366 g/mol. The average Bonchev–Trinajstić information content (AvgIpc) is 3.22. The van der Waals surface area contributed by atoms with Crippen LogP contribution in [0.15, 0.2) is 32.2 Å². The molecule has 2 aromatic rings. The molecule has 8 nitrogen and oxygen atoms in total. The van der Waals surface area contributed by atoms with Gasteiger partial charge in [0.05, 0.1) is 12.2 Å². The van der Waals surface area contributed by atoms with Crippen molar-refractivity contribution in [2.45, 2.75) is 24.7 Å². The van der Waals surface area contributed by atoms with E-state index in [1.807, 2.05) is 0 Å². The lowest BCUT2D eigenvalue weighted by Gasteiger charge is -2.29. The Balaban J connectivity index is 1.92. The normalized spacial score (nSPS) is 19.5. The standard InChI is InChI=1S/C16H18N2O6S/c1-11-15(14(24-17-11)7-6-13-5-3-9-23-13)25(21,22)18-8-2-4-12(10-18)16(19)20/h3,5-7,9,12H,2,4,8,10H2,1H3,(H,19,20)/b7-6+/t12-/m0/s1. The second-order valence-corrected chi connectivity index (χ2v) is 7.73. The number of carboxylic acids is 1. The Morgan fingerprint density at radius 1 is 1.44 bits per heavy atom. The van der Waals surface area contributed by atoms with Crippen molar-refractivity contribution in [3.8, 4) is 0 Å². The van der Waals surface area contributed by atoms with E-state index >= 15 is 0 Å². The Bertz CT molecular complexity index is 882. The van der Waals surface area contributed by atoms with Crippen LogP contribution in [0.1, 0.15) is 30.1 Å². The zero-order valence-electron chi connectivity index (χ0n) is 13.6. The number of furan rings is 1. The van der Waals surface area contributed by atoms with E-state index in [2.05, 4.69) is 5.16 Å². The maximum Gasteiger partial charge on any atom is 0.307 e. The molecule has 0 aromatic carbocycles. The largest absolute Gasteiger partial charge is 0.481 e. The predicted molar refractivity (Wildman–Crippen MR) is 88.0 cm³/mol. The fourth-order valence-electron chi connectivity index (χ4n) is 2.83. The third-order valence-electron chi connectivity index (χ3n) is 4.11. The van der Waals surface area contributed by atoms with Crippen molar-refractivity contribution in [3.05, 3.63) is 35.6 Å². The summed E-state index contributed by atoms with van der Waals surface area (Å²) in [6.45, 7) is 1.76. The number of carbonyl (C=O) groups is 1.